The van der Waals surface area contributed by atoms with Gasteiger partial charge in [0.05, 0.1) is 11.0 Å². The van der Waals surface area contributed by atoms with E-state index in [0.29, 0.717) is 6.42 Å². The summed E-state index contributed by atoms with van der Waals surface area (Å²) in [4.78, 5) is 24.2. The first-order valence-corrected chi connectivity index (χ1v) is 11.6. The first kappa shape index (κ1) is 22.5. The van der Waals surface area contributed by atoms with Crippen molar-refractivity contribution in [2.45, 2.75) is 97.1 Å². The first-order chi connectivity index (χ1) is 14.4. The maximum absolute atomic E-state index is 12.7. The van der Waals surface area contributed by atoms with Crippen molar-refractivity contribution in [1.29, 1.82) is 0 Å². The molecule has 0 unspecified atom stereocenters. The molecular weight excluding hydrogens is 396 g/mol. The Balaban J connectivity index is 1.51. The number of ether oxygens (including phenoxy) is 2. The number of esters is 2. The molecule has 0 bridgehead atoms. The highest BCUT2D eigenvalue weighted by atomic mass is 16.6. The van der Waals surface area contributed by atoms with E-state index in [-0.39, 0.29) is 29.3 Å². The zero-order valence-corrected chi connectivity index (χ0v) is 19.3. The van der Waals surface area contributed by atoms with Crippen LogP contribution in [0.25, 0.3) is 0 Å². The summed E-state index contributed by atoms with van der Waals surface area (Å²) in [6.07, 6.45) is 6.23. The predicted octanol–water partition coefficient (Wildman–Crippen LogP) is 3.45. The fourth-order valence-electron chi connectivity index (χ4n) is 7.42. The van der Waals surface area contributed by atoms with Gasteiger partial charge in [0, 0.05) is 18.4 Å². The minimum Gasteiger partial charge on any atom is -0.461 e. The number of allylic oxidation sites excluding steroid dienone is 1. The van der Waals surface area contributed by atoms with Crippen molar-refractivity contribution in [3.8, 4) is 0 Å². The smallest absolute Gasteiger partial charge is 0.331 e. The lowest BCUT2D eigenvalue weighted by Gasteiger charge is -2.59. The lowest BCUT2D eigenvalue weighted by Crippen LogP contribution is -2.61. The molecule has 172 valence electrons. The van der Waals surface area contributed by atoms with Crippen molar-refractivity contribution in [2.75, 3.05) is 0 Å². The molecule has 1 saturated heterocycles. The summed E-state index contributed by atoms with van der Waals surface area (Å²) >= 11 is 0. The molecule has 0 radical (unpaired) electrons. The van der Waals surface area contributed by atoms with E-state index >= 15 is 0 Å². The van der Waals surface area contributed by atoms with Crippen LogP contribution in [0.2, 0.25) is 0 Å². The Morgan fingerprint density at radius 2 is 1.97 bits per heavy atom. The number of hydrogen-bond acceptors (Lipinski definition) is 6. The van der Waals surface area contributed by atoms with Gasteiger partial charge >= 0.3 is 11.9 Å². The van der Waals surface area contributed by atoms with Gasteiger partial charge in [-0.15, -0.1) is 0 Å². The van der Waals surface area contributed by atoms with Crippen molar-refractivity contribution in [2.24, 2.45) is 22.7 Å². The third kappa shape index (κ3) is 3.56. The lowest BCUT2D eigenvalue weighted by atomic mass is 9.45. The Hall–Kier alpha value is -1.66. The van der Waals surface area contributed by atoms with E-state index in [1.807, 2.05) is 13.8 Å². The van der Waals surface area contributed by atoms with Crippen molar-refractivity contribution in [1.82, 2.24) is 0 Å². The Morgan fingerprint density at radius 3 is 2.61 bits per heavy atom. The van der Waals surface area contributed by atoms with Gasteiger partial charge in [-0.2, -0.15) is 0 Å². The molecule has 0 aromatic heterocycles. The molecule has 2 N–H and O–H groups in total. The van der Waals surface area contributed by atoms with Crippen molar-refractivity contribution >= 4 is 11.9 Å². The van der Waals surface area contributed by atoms with Crippen LogP contribution in [0.4, 0.5) is 0 Å². The zero-order chi connectivity index (χ0) is 22.8. The molecule has 8 atom stereocenters. The number of aliphatic hydroxyl groups is 2. The van der Waals surface area contributed by atoms with E-state index in [9.17, 15) is 19.8 Å². The third-order valence-electron chi connectivity index (χ3n) is 8.70. The molecule has 4 rings (SSSR count). The van der Waals surface area contributed by atoms with E-state index in [1.165, 1.54) is 6.08 Å². The minimum atomic E-state index is -0.919. The van der Waals surface area contributed by atoms with E-state index in [2.05, 4.69) is 13.8 Å². The maximum Gasteiger partial charge on any atom is 0.331 e. The topological polar surface area (TPSA) is 93.1 Å². The summed E-state index contributed by atoms with van der Waals surface area (Å²) in [5.41, 5.74) is 0.178. The average Bonchev–Trinajstić information content (AvgIpc) is 3.10. The van der Waals surface area contributed by atoms with Gasteiger partial charge in [0.15, 0.2) is 6.10 Å². The van der Waals surface area contributed by atoms with Gasteiger partial charge < -0.3 is 19.7 Å². The minimum absolute atomic E-state index is 0.0295. The fourth-order valence-corrected chi connectivity index (χ4v) is 7.42. The third-order valence-corrected chi connectivity index (χ3v) is 8.70. The van der Waals surface area contributed by atoms with Crippen LogP contribution in [0.5, 0.6) is 0 Å². The van der Waals surface area contributed by atoms with Crippen LogP contribution in [-0.2, 0) is 19.1 Å². The van der Waals surface area contributed by atoms with Crippen LogP contribution in [-0.4, -0.2) is 46.1 Å². The molecule has 6 heteroatoms. The normalized spacial score (nSPS) is 45.6. The highest BCUT2D eigenvalue weighted by Gasteiger charge is 2.69. The van der Waals surface area contributed by atoms with Crippen LogP contribution in [0, 0.1) is 22.7 Å². The predicted molar refractivity (Wildman–Crippen MR) is 115 cm³/mol. The van der Waals surface area contributed by atoms with Gasteiger partial charge in [0.1, 0.15) is 12.2 Å². The van der Waals surface area contributed by atoms with E-state index < -0.39 is 29.2 Å². The Labute approximate surface area is 184 Å². The van der Waals surface area contributed by atoms with Gasteiger partial charge in [-0.05, 0) is 70.3 Å². The molecule has 2 aliphatic carbocycles. The molecule has 0 aromatic carbocycles. The summed E-state index contributed by atoms with van der Waals surface area (Å²) in [6.45, 7) is 9.92. The molecule has 2 saturated carbocycles. The van der Waals surface area contributed by atoms with Gasteiger partial charge in [0.2, 0.25) is 0 Å². The van der Waals surface area contributed by atoms with Gasteiger partial charge in [-0.3, -0.25) is 4.79 Å². The van der Waals surface area contributed by atoms with Gasteiger partial charge in [-0.1, -0.05) is 25.0 Å². The number of carbonyl (C=O) groups is 2. The Kier molecular flexibility index (Phi) is 5.41. The van der Waals surface area contributed by atoms with Crippen molar-refractivity contribution in [3.63, 3.8) is 0 Å². The SMILES string of the molecule is CC1=CC(=O)O[C@@H]1[C@@H](O)/C=C(\C)CC[C@@H]1[C@@]2(C)CCC[C@@]3(C)C(=O)O[C@@H](C[C@@]1(C)O)[C@H]23. The number of aliphatic hydroxyl groups excluding tert-OH is 1. The number of hydrogen-bond donors (Lipinski definition) is 2. The number of cyclic esters (lactones) is 1. The summed E-state index contributed by atoms with van der Waals surface area (Å²) < 4.78 is 11.0. The molecule has 2 heterocycles. The van der Waals surface area contributed by atoms with Crippen LogP contribution < -0.4 is 0 Å². The highest BCUT2D eigenvalue weighted by Crippen LogP contribution is 2.66. The summed E-state index contributed by atoms with van der Waals surface area (Å²) in [6, 6.07) is 0. The first-order valence-electron chi connectivity index (χ1n) is 11.6. The largest absolute Gasteiger partial charge is 0.461 e. The number of carbonyl (C=O) groups excluding carboxylic acids is 2. The fraction of sp³-hybridized carbons (Fsp3) is 0.760. The monoisotopic (exact) mass is 432 g/mol. The molecule has 3 fully saturated rings. The quantitative estimate of drug-likeness (QED) is 0.511. The highest BCUT2D eigenvalue weighted by molar-refractivity contribution is 5.85. The molecule has 0 aromatic rings. The van der Waals surface area contributed by atoms with Crippen molar-refractivity contribution < 1.29 is 29.3 Å². The Morgan fingerprint density at radius 1 is 1.26 bits per heavy atom. The molecule has 2 aliphatic heterocycles. The van der Waals surface area contributed by atoms with Crippen LogP contribution in [0.15, 0.2) is 23.3 Å². The standard InChI is InChI=1S/C25H36O6/c1-14(11-16(26)20-15(2)12-19(27)31-20)7-8-18-23(3)9-6-10-24(4)21(23)17(30-22(24)28)13-25(18,5)29/h11-12,16-18,20-21,26,29H,6-10,13H2,1-5H3/b14-11+/t16-,17-,18+,20-,21+,23+,24+,25+/m0/s1. The summed E-state index contributed by atoms with van der Waals surface area (Å²) in [5, 5.41) is 22.0. The zero-order valence-electron chi connectivity index (χ0n) is 19.3. The van der Waals surface area contributed by atoms with E-state index in [4.69, 9.17) is 9.47 Å². The molecule has 6 nitrogen and oxygen atoms in total. The molecule has 31 heavy (non-hydrogen) atoms. The van der Waals surface area contributed by atoms with Gasteiger partial charge in [-0.25, -0.2) is 4.79 Å². The summed E-state index contributed by atoms with van der Waals surface area (Å²) in [5.74, 6) is -0.352. The van der Waals surface area contributed by atoms with Crippen LogP contribution >= 0.6 is 0 Å². The second-order valence-corrected chi connectivity index (χ2v) is 11.1. The molecule has 4 aliphatic rings. The molecule has 0 spiro atoms. The van der Waals surface area contributed by atoms with Crippen LogP contribution in [0.1, 0.15) is 73.1 Å². The van der Waals surface area contributed by atoms with Crippen LogP contribution in [0.3, 0.4) is 0 Å². The van der Waals surface area contributed by atoms with E-state index in [0.717, 1.165) is 43.3 Å². The Bertz CT molecular complexity index is 841. The second-order valence-electron chi connectivity index (χ2n) is 11.1. The number of rotatable bonds is 5. The van der Waals surface area contributed by atoms with Crippen molar-refractivity contribution in [3.05, 3.63) is 23.3 Å². The lowest BCUT2D eigenvalue weighted by molar-refractivity contribution is -0.181. The average molecular weight is 433 g/mol. The molecule has 0 amide bonds. The van der Waals surface area contributed by atoms with Gasteiger partial charge in [0.25, 0.3) is 0 Å². The van der Waals surface area contributed by atoms with E-state index in [1.54, 1.807) is 13.0 Å². The maximum atomic E-state index is 12.7. The molecular formula is C25H36O6. The summed E-state index contributed by atoms with van der Waals surface area (Å²) in [7, 11) is 0. The second kappa shape index (κ2) is 7.45.